The molecule has 1 amide bonds. The Kier molecular flexibility index (Phi) is 5.00. The molecule has 1 saturated carbocycles. The Hall–Kier alpha value is -3.55. The van der Waals surface area contributed by atoms with Crippen molar-refractivity contribution in [3.05, 3.63) is 76.6 Å². The monoisotopic (exact) mass is 433 g/mol. The molecule has 1 saturated heterocycles. The van der Waals surface area contributed by atoms with Gasteiger partial charge < -0.3 is 9.80 Å². The van der Waals surface area contributed by atoms with Crippen molar-refractivity contribution >= 4 is 11.9 Å². The maximum atomic E-state index is 14.2. The highest BCUT2D eigenvalue weighted by Crippen LogP contribution is 2.49. The van der Waals surface area contributed by atoms with E-state index in [1.807, 2.05) is 47.2 Å². The second-order valence-corrected chi connectivity index (χ2v) is 8.58. The third kappa shape index (κ3) is 3.55. The number of nitrogens with zero attached hydrogens (tertiary/aromatic N) is 5. The summed E-state index contributed by atoms with van der Waals surface area (Å²) in [7, 11) is 3.58. The summed E-state index contributed by atoms with van der Waals surface area (Å²) in [5, 5.41) is 0. The number of amides is 1. The van der Waals surface area contributed by atoms with Crippen LogP contribution in [-0.2, 0) is 18.3 Å². The highest BCUT2D eigenvalue weighted by molar-refractivity contribution is 5.79. The van der Waals surface area contributed by atoms with Crippen molar-refractivity contribution in [2.45, 2.75) is 12.5 Å². The number of piperidine rings is 1. The first kappa shape index (κ1) is 20.4. The fourth-order valence-electron chi connectivity index (χ4n) is 4.85. The molecular weight excluding hydrogens is 409 g/mol. The molecule has 1 aliphatic heterocycles. The summed E-state index contributed by atoms with van der Waals surface area (Å²) < 4.78 is 15.7. The Bertz CT molecular complexity index is 1220. The highest BCUT2D eigenvalue weighted by Gasteiger charge is 2.59. The molecule has 2 atom stereocenters. The zero-order valence-electron chi connectivity index (χ0n) is 18.0. The van der Waals surface area contributed by atoms with E-state index in [0.29, 0.717) is 43.0 Å². The summed E-state index contributed by atoms with van der Waals surface area (Å²) in [5.74, 6) is 0.810. The summed E-state index contributed by atoms with van der Waals surface area (Å²) in [6.07, 6.45) is 3.01. The lowest BCUT2D eigenvalue weighted by molar-refractivity contribution is -0.130. The lowest BCUT2D eigenvalue weighted by atomic mass is 10.1. The number of fused-ring (bicyclic) bond motifs is 1. The minimum absolute atomic E-state index is 0.144. The number of aromatic nitrogens is 3. The van der Waals surface area contributed by atoms with Gasteiger partial charge in [-0.15, -0.1) is 0 Å². The molecule has 0 radical (unpaired) electrons. The first-order valence-corrected chi connectivity index (χ1v) is 10.7. The average Bonchev–Trinajstić information content (AvgIpc) is 3.28. The van der Waals surface area contributed by atoms with E-state index in [4.69, 9.17) is 0 Å². The third-order valence-corrected chi connectivity index (χ3v) is 6.62. The van der Waals surface area contributed by atoms with Crippen molar-refractivity contribution in [3.63, 3.8) is 0 Å². The molecule has 1 aliphatic carbocycles. The SMILES string of the molecule is CN(c1nc(-c2ccncc2F)cc(=O)n1C)C1C2CN(C(=O)Cc3ccccc3)CC21. The third-order valence-electron chi connectivity index (χ3n) is 6.62. The molecule has 8 heteroatoms. The molecule has 1 aromatic carbocycles. The molecule has 2 aliphatic rings. The van der Waals surface area contributed by atoms with Gasteiger partial charge in [0.25, 0.3) is 5.56 Å². The Morgan fingerprint density at radius 1 is 1.19 bits per heavy atom. The van der Waals surface area contributed by atoms with Gasteiger partial charge in [-0.05, 0) is 11.6 Å². The molecule has 2 unspecified atom stereocenters. The number of hydrogen-bond acceptors (Lipinski definition) is 5. The van der Waals surface area contributed by atoms with Gasteiger partial charge in [-0.1, -0.05) is 30.3 Å². The molecule has 32 heavy (non-hydrogen) atoms. The van der Waals surface area contributed by atoms with Crippen LogP contribution in [0.1, 0.15) is 5.56 Å². The van der Waals surface area contributed by atoms with E-state index >= 15 is 0 Å². The van der Waals surface area contributed by atoms with Crippen LogP contribution in [0.2, 0.25) is 0 Å². The maximum Gasteiger partial charge on any atom is 0.255 e. The zero-order chi connectivity index (χ0) is 22.4. The van der Waals surface area contributed by atoms with E-state index in [2.05, 4.69) is 9.97 Å². The van der Waals surface area contributed by atoms with Gasteiger partial charge in [-0.2, -0.15) is 0 Å². The van der Waals surface area contributed by atoms with Gasteiger partial charge in [-0.3, -0.25) is 19.1 Å². The Morgan fingerprint density at radius 3 is 2.59 bits per heavy atom. The summed E-state index contributed by atoms with van der Waals surface area (Å²) in [5.41, 5.74) is 1.31. The molecule has 2 fully saturated rings. The van der Waals surface area contributed by atoms with Gasteiger partial charge in [0.05, 0.1) is 18.3 Å². The van der Waals surface area contributed by atoms with Crippen molar-refractivity contribution in [1.82, 2.24) is 19.4 Å². The van der Waals surface area contributed by atoms with Gasteiger partial charge in [0.2, 0.25) is 11.9 Å². The normalized spacial score (nSPS) is 21.3. The van der Waals surface area contributed by atoms with Crippen molar-refractivity contribution < 1.29 is 9.18 Å². The van der Waals surface area contributed by atoms with Crippen molar-refractivity contribution in [1.29, 1.82) is 0 Å². The maximum absolute atomic E-state index is 14.2. The second kappa shape index (κ2) is 7.85. The van der Waals surface area contributed by atoms with Crippen molar-refractivity contribution in [2.24, 2.45) is 18.9 Å². The topological polar surface area (TPSA) is 71.3 Å². The van der Waals surface area contributed by atoms with E-state index < -0.39 is 5.82 Å². The Balaban J connectivity index is 1.31. The van der Waals surface area contributed by atoms with Crippen LogP contribution in [0, 0.1) is 17.7 Å². The van der Waals surface area contributed by atoms with Crippen LogP contribution in [0.15, 0.2) is 59.7 Å². The van der Waals surface area contributed by atoms with Crippen molar-refractivity contribution in [3.8, 4) is 11.3 Å². The zero-order valence-corrected chi connectivity index (χ0v) is 18.0. The first-order chi connectivity index (χ1) is 15.4. The molecule has 5 rings (SSSR count). The van der Waals surface area contributed by atoms with Crippen LogP contribution >= 0.6 is 0 Å². The van der Waals surface area contributed by atoms with Crippen LogP contribution in [0.3, 0.4) is 0 Å². The van der Waals surface area contributed by atoms with E-state index in [1.54, 1.807) is 7.05 Å². The standard InChI is InChI=1S/C24H24FN5O2/c1-28-21(31)11-20(16-8-9-26-12-19(16)25)27-24(28)29(2)23-17-13-30(14-18(17)23)22(32)10-15-6-4-3-5-7-15/h3-9,11-12,17-18,23H,10,13-14H2,1-2H3. The number of carbonyl (C=O) groups excluding carboxylic acids is 1. The van der Waals surface area contributed by atoms with Crippen molar-refractivity contribution in [2.75, 3.05) is 25.0 Å². The van der Waals surface area contributed by atoms with E-state index in [0.717, 1.165) is 11.8 Å². The molecule has 0 N–H and O–H groups in total. The van der Waals surface area contributed by atoms with Crippen LogP contribution < -0.4 is 10.5 Å². The van der Waals surface area contributed by atoms with E-state index in [1.165, 1.54) is 22.9 Å². The fraction of sp³-hybridized carbons (Fsp3) is 0.333. The fourth-order valence-corrected chi connectivity index (χ4v) is 4.85. The van der Waals surface area contributed by atoms with E-state index in [9.17, 15) is 14.0 Å². The first-order valence-electron chi connectivity index (χ1n) is 10.7. The summed E-state index contributed by atoms with van der Waals surface area (Å²) in [6.45, 7) is 1.41. The molecule has 7 nitrogen and oxygen atoms in total. The largest absolute Gasteiger partial charge is 0.342 e. The number of pyridine rings is 1. The predicted octanol–water partition coefficient (Wildman–Crippen LogP) is 2.12. The lowest BCUT2D eigenvalue weighted by Gasteiger charge is -2.26. The summed E-state index contributed by atoms with van der Waals surface area (Å²) >= 11 is 0. The second-order valence-electron chi connectivity index (χ2n) is 8.58. The summed E-state index contributed by atoms with van der Waals surface area (Å²) in [4.78, 5) is 37.5. The minimum Gasteiger partial charge on any atom is -0.342 e. The molecular formula is C24H24FN5O2. The molecule has 0 bridgehead atoms. The van der Waals surface area contributed by atoms with Gasteiger partial charge in [0.1, 0.15) is 0 Å². The highest BCUT2D eigenvalue weighted by atomic mass is 19.1. The summed E-state index contributed by atoms with van der Waals surface area (Å²) in [6, 6.07) is 12.8. The Morgan fingerprint density at radius 2 is 1.91 bits per heavy atom. The van der Waals surface area contributed by atoms with Crippen LogP contribution in [0.25, 0.3) is 11.3 Å². The number of rotatable bonds is 5. The number of carbonyl (C=O) groups is 1. The number of anilines is 1. The van der Waals surface area contributed by atoms with Gasteiger partial charge >= 0.3 is 0 Å². The minimum atomic E-state index is -0.516. The van der Waals surface area contributed by atoms with Gasteiger partial charge in [0, 0.05) is 62.9 Å². The van der Waals surface area contributed by atoms with E-state index in [-0.39, 0.29) is 23.1 Å². The van der Waals surface area contributed by atoms with Gasteiger partial charge in [-0.25, -0.2) is 9.37 Å². The number of halogens is 1. The molecule has 3 heterocycles. The van der Waals surface area contributed by atoms with Crippen LogP contribution in [0.5, 0.6) is 0 Å². The van der Waals surface area contributed by atoms with Crippen LogP contribution in [0.4, 0.5) is 10.3 Å². The lowest BCUT2D eigenvalue weighted by Crippen LogP contribution is -2.38. The number of likely N-dealkylation sites (tertiary alicyclic amines) is 1. The molecule has 164 valence electrons. The number of hydrogen-bond donors (Lipinski definition) is 0. The molecule has 0 spiro atoms. The van der Waals surface area contributed by atoms with Crippen LogP contribution in [-0.4, -0.2) is 51.5 Å². The quantitative estimate of drug-likeness (QED) is 0.617. The Labute approximate surface area is 185 Å². The molecule has 3 aromatic rings. The average molecular weight is 433 g/mol. The predicted molar refractivity (Wildman–Crippen MR) is 119 cm³/mol. The number of benzene rings is 1. The van der Waals surface area contributed by atoms with Gasteiger partial charge in [0.15, 0.2) is 5.82 Å². The molecule has 2 aromatic heterocycles. The smallest absolute Gasteiger partial charge is 0.255 e.